The standard InChI is InChI=1S/C22H19N3O3S/c1-3-16-6-4-8-19(10-16)25(12-21(26)23-2)22(27)17-7-5-9-20(11-17)28-13-18-14-29-15-24-18/h1,4-11,14-15H,12-13H2,2H3,(H,23,26). The summed E-state index contributed by atoms with van der Waals surface area (Å²) in [5.74, 6) is 2.46. The number of terminal acetylenes is 1. The van der Waals surface area contributed by atoms with Gasteiger partial charge in [-0.05, 0) is 36.4 Å². The Balaban J connectivity index is 1.85. The van der Waals surface area contributed by atoms with Gasteiger partial charge in [0.1, 0.15) is 18.9 Å². The van der Waals surface area contributed by atoms with E-state index in [1.165, 1.54) is 23.3 Å². The fraction of sp³-hybridized carbons (Fsp3) is 0.136. The topological polar surface area (TPSA) is 71.5 Å². The molecule has 7 heteroatoms. The van der Waals surface area contributed by atoms with Crippen molar-refractivity contribution in [3.8, 4) is 18.1 Å². The Morgan fingerprint density at radius 2 is 2.07 bits per heavy atom. The van der Waals surface area contributed by atoms with Crippen LogP contribution in [0.25, 0.3) is 0 Å². The third-order valence-electron chi connectivity index (χ3n) is 4.10. The van der Waals surface area contributed by atoms with Gasteiger partial charge in [-0.15, -0.1) is 17.8 Å². The molecule has 6 nitrogen and oxygen atoms in total. The Bertz CT molecular complexity index is 1040. The van der Waals surface area contributed by atoms with Crippen LogP contribution in [0.4, 0.5) is 5.69 Å². The molecule has 146 valence electrons. The number of thiazole rings is 1. The predicted molar refractivity (Wildman–Crippen MR) is 113 cm³/mol. The summed E-state index contributed by atoms with van der Waals surface area (Å²) in [5.41, 5.74) is 4.12. The van der Waals surface area contributed by atoms with Crippen molar-refractivity contribution in [1.29, 1.82) is 0 Å². The van der Waals surface area contributed by atoms with Crippen LogP contribution in [0.3, 0.4) is 0 Å². The maximum atomic E-state index is 13.2. The zero-order valence-electron chi connectivity index (χ0n) is 15.8. The lowest BCUT2D eigenvalue weighted by Gasteiger charge is -2.22. The second-order valence-electron chi connectivity index (χ2n) is 6.06. The highest BCUT2D eigenvalue weighted by atomic mass is 32.1. The molecule has 0 aliphatic rings. The highest BCUT2D eigenvalue weighted by Crippen LogP contribution is 2.21. The number of nitrogens with zero attached hydrogens (tertiary/aromatic N) is 2. The van der Waals surface area contributed by atoms with Gasteiger partial charge in [0.25, 0.3) is 5.91 Å². The molecule has 2 aromatic carbocycles. The van der Waals surface area contributed by atoms with Crippen LogP contribution in [0.5, 0.6) is 5.75 Å². The number of anilines is 1. The van der Waals surface area contributed by atoms with Crippen molar-refractivity contribution in [2.45, 2.75) is 6.61 Å². The van der Waals surface area contributed by atoms with E-state index >= 15 is 0 Å². The molecule has 0 saturated heterocycles. The average molecular weight is 405 g/mol. The summed E-state index contributed by atoms with van der Waals surface area (Å²) >= 11 is 1.49. The number of hydrogen-bond acceptors (Lipinski definition) is 5. The molecule has 0 spiro atoms. The summed E-state index contributed by atoms with van der Waals surface area (Å²) in [6.07, 6.45) is 5.47. The first-order chi connectivity index (χ1) is 14.1. The SMILES string of the molecule is C#Cc1cccc(N(CC(=O)NC)C(=O)c2cccc(OCc3cscn3)c2)c1. The minimum atomic E-state index is -0.332. The first-order valence-electron chi connectivity index (χ1n) is 8.79. The number of hydrogen-bond donors (Lipinski definition) is 1. The molecule has 2 amide bonds. The van der Waals surface area contributed by atoms with Gasteiger partial charge in [0.2, 0.25) is 5.91 Å². The summed E-state index contributed by atoms with van der Waals surface area (Å²) in [6, 6.07) is 13.8. The molecular formula is C22H19N3O3S. The molecule has 0 unspecified atom stereocenters. The monoisotopic (exact) mass is 405 g/mol. The van der Waals surface area contributed by atoms with Gasteiger partial charge in [0.05, 0.1) is 11.2 Å². The van der Waals surface area contributed by atoms with E-state index in [9.17, 15) is 9.59 Å². The number of likely N-dealkylation sites (N-methyl/N-ethyl adjacent to an activating group) is 1. The second-order valence-corrected chi connectivity index (χ2v) is 6.77. The number of amides is 2. The molecule has 3 aromatic rings. The van der Waals surface area contributed by atoms with Crippen molar-refractivity contribution in [3.05, 3.63) is 76.2 Å². The predicted octanol–water partition coefficient (Wildman–Crippen LogP) is 3.10. The Labute approximate surface area is 173 Å². The number of carbonyl (C=O) groups excluding carboxylic acids is 2. The fourth-order valence-electron chi connectivity index (χ4n) is 2.61. The zero-order chi connectivity index (χ0) is 20.6. The number of nitrogens with one attached hydrogen (secondary N) is 1. The van der Waals surface area contributed by atoms with Crippen LogP contribution >= 0.6 is 11.3 Å². The summed E-state index contributed by atoms with van der Waals surface area (Å²) in [7, 11) is 1.52. The fourth-order valence-corrected chi connectivity index (χ4v) is 3.15. The molecule has 0 aliphatic heterocycles. The third kappa shape index (κ3) is 5.21. The van der Waals surface area contributed by atoms with Crippen LogP contribution in [0.1, 0.15) is 21.6 Å². The van der Waals surface area contributed by atoms with Gasteiger partial charge < -0.3 is 10.1 Å². The van der Waals surface area contributed by atoms with Gasteiger partial charge in [-0.2, -0.15) is 0 Å². The summed E-state index contributed by atoms with van der Waals surface area (Å²) in [5, 5.41) is 4.45. The number of benzene rings is 2. The molecule has 0 bridgehead atoms. The Hall–Kier alpha value is -3.63. The highest BCUT2D eigenvalue weighted by Gasteiger charge is 2.21. The van der Waals surface area contributed by atoms with Gasteiger partial charge in [0, 0.05) is 29.2 Å². The van der Waals surface area contributed by atoms with Crippen molar-refractivity contribution in [2.75, 3.05) is 18.5 Å². The lowest BCUT2D eigenvalue weighted by Crippen LogP contribution is -2.39. The quantitative estimate of drug-likeness (QED) is 0.613. The maximum Gasteiger partial charge on any atom is 0.258 e. The average Bonchev–Trinajstić information content (AvgIpc) is 3.29. The largest absolute Gasteiger partial charge is 0.487 e. The minimum absolute atomic E-state index is 0.132. The van der Waals surface area contributed by atoms with E-state index in [0.29, 0.717) is 29.2 Å². The second kappa shape index (κ2) is 9.53. The first-order valence-corrected chi connectivity index (χ1v) is 9.74. The van der Waals surface area contributed by atoms with Gasteiger partial charge in [0.15, 0.2) is 0 Å². The number of rotatable bonds is 7. The van der Waals surface area contributed by atoms with Crippen LogP contribution < -0.4 is 15.0 Å². The van der Waals surface area contributed by atoms with E-state index in [0.717, 1.165) is 5.69 Å². The Morgan fingerprint density at radius 1 is 1.24 bits per heavy atom. The lowest BCUT2D eigenvalue weighted by atomic mass is 10.1. The smallest absolute Gasteiger partial charge is 0.258 e. The summed E-state index contributed by atoms with van der Waals surface area (Å²) in [4.78, 5) is 30.8. The van der Waals surface area contributed by atoms with Gasteiger partial charge in [-0.25, -0.2) is 4.98 Å². The first kappa shape index (κ1) is 20.1. The normalized spacial score (nSPS) is 10.1. The Morgan fingerprint density at radius 3 is 2.79 bits per heavy atom. The van der Waals surface area contributed by atoms with E-state index in [1.807, 2.05) is 5.38 Å². The maximum absolute atomic E-state index is 13.2. The van der Waals surface area contributed by atoms with Gasteiger partial charge >= 0.3 is 0 Å². The molecule has 3 rings (SSSR count). The van der Waals surface area contributed by atoms with Crippen LogP contribution in [0.2, 0.25) is 0 Å². The van der Waals surface area contributed by atoms with Crippen molar-refractivity contribution in [3.63, 3.8) is 0 Å². The van der Waals surface area contributed by atoms with Crippen molar-refractivity contribution in [2.24, 2.45) is 0 Å². The van der Waals surface area contributed by atoms with Crippen molar-refractivity contribution < 1.29 is 14.3 Å². The van der Waals surface area contributed by atoms with Gasteiger partial charge in [-0.1, -0.05) is 18.1 Å². The molecule has 1 heterocycles. The number of carbonyl (C=O) groups is 2. The molecule has 0 fully saturated rings. The molecule has 1 N–H and O–H groups in total. The summed E-state index contributed by atoms with van der Waals surface area (Å²) < 4.78 is 5.73. The van der Waals surface area contributed by atoms with Crippen LogP contribution in [-0.2, 0) is 11.4 Å². The van der Waals surface area contributed by atoms with E-state index in [-0.39, 0.29) is 18.4 Å². The number of aromatic nitrogens is 1. The summed E-state index contributed by atoms with van der Waals surface area (Å²) in [6.45, 7) is 0.181. The molecule has 1 aromatic heterocycles. The zero-order valence-corrected chi connectivity index (χ0v) is 16.6. The molecular weight excluding hydrogens is 386 g/mol. The van der Waals surface area contributed by atoms with Crippen LogP contribution in [-0.4, -0.2) is 30.4 Å². The minimum Gasteiger partial charge on any atom is -0.487 e. The lowest BCUT2D eigenvalue weighted by molar-refractivity contribution is -0.119. The molecule has 0 atom stereocenters. The van der Waals surface area contributed by atoms with Crippen molar-refractivity contribution in [1.82, 2.24) is 10.3 Å². The third-order valence-corrected chi connectivity index (χ3v) is 4.74. The van der Waals surface area contributed by atoms with Crippen LogP contribution in [0, 0.1) is 12.3 Å². The molecule has 0 radical (unpaired) electrons. The molecule has 29 heavy (non-hydrogen) atoms. The molecule has 0 saturated carbocycles. The highest BCUT2D eigenvalue weighted by molar-refractivity contribution is 7.07. The van der Waals surface area contributed by atoms with E-state index in [2.05, 4.69) is 16.2 Å². The Kier molecular flexibility index (Phi) is 6.61. The van der Waals surface area contributed by atoms with Crippen molar-refractivity contribution >= 4 is 28.8 Å². The van der Waals surface area contributed by atoms with E-state index in [4.69, 9.17) is 11.2 Å². The number of ether oxygens (including phenoxy) is 1. The van der Waals surface area contributed by atoms with Crippen LogP contribution in [0.15, 0.2) is 59.4 Å². The van der Waals surface area contributed by atoms with E-state index in [1.54, 1.807) is 54.0 Å². The van der Waals surface area contributed by atoms with E-state index < -0.39 is 0 Å². The van der Waals surface area contributed by atoms with Gasteiger partial charge in [-0.3, -0.25) is 14.5 Å². The molecule has 0 aliphatic carbocycles.